The lowest BCUT2D eigenvalue weighted by molar-refractivity contribution is 0.184. The van der Waals surface area contributed by atoms with E-state index in [4.69, 9.17) is 4.74 Å². The minimum absolute atomic E-state index is 0.767. The van der Waals surface area contributed by atoms with E-state index in [-0.39, 0.29) is 0 Å². The average molecular weight is 209 g/mol. The second kappa shape index (κ2) is 5.28. The first-order valence-corrected chi connectivity index (χ1v) is 5.63. The molecule has 1 fully saturated rings. The number of H-pyrrole nitrogens is 1. The van der Waals surface area contributed by atoms with Crippen LogP contribution >= 0.6 is 0 Å². The summed E-state index contributed by atoms with van der Waals surface area (Å²) in [4.78, 5) is 0. The van der Waals surface area contributed by atoms with Crippen molar-refractivity contribution in [3.05, 3.63) is 17.5 Å². The van der Waals surface area contributed by atoms with Gasteiger partial charge in [-0.25, -0.2) is 0 Å². The van der Waals surface area contributed by atoms with E-state index >= 15 is 0 Å². The molecule has 1 aromatic rings. The Morgan fingerprint density at radius 2 is 2.60 bits per heavy atom. The lowest BCUT2D eigenvalue weighted by atomic mass is 10.1. The predicted molar refractivity (Wildman–Crippen MR) is 58.6 cm³/mol. The van der Waals surface area contributed by atoms with E-state index in [9.17, 15) is 0 Å². The van der Waals surface area contributed by atoms with Crippen molar-refractivity contribution in [3.63, 3.8) is 0 Å². The second-order valence-electron chi connectivity index (χ2n) is 4.22. The van der Waals surface area contributed by atoms with Crippen LogP contribution in [0.1, 0.15) is 24.1 Å². The number of hydrogen-bond donors (Lipinski definition) is 2. The van der Waals surface area contributed by atoms with Crippen LogP contribution in [0.5, 0.6) is 0 Å². The topological polar surface area (TPSA) is 49.9 Å². The second-order valence-corrected chi connectivity index (χ2v) is 4.22. The van der Waals surface area contributed by atoms with Gasteiger partial charge in [0.25, 0.3) is 0 Å². The van der Waals surface area contributed by atoms with Crippen LogP contribution in [0.15, 0.2) is 6.20 Å². The zero-order valence-corrected chi connectivity index (χ0v) is 9.25. The molecule has 0 radical (unpaired) electrons. The van der Waals surface area contributed by atoms with Gasteiger partial charge in [0.05, 0.1) is 6.20 Å². The molecule has 0 amide bonds. The molecule has 15 heavy (non-hydrogen) atoms. The first-order valence-electron chi connectivity index (χ1n) is 5.63. The van der Waals surface area contributed by atoms with Crippen molar-refractivity contribution in [1.82, 2.24) is 15.5 Å². The van der Waals surface area contributed by atoms with Gasteiger partial charge >= 0.3 is 0 Å². The smallest absolute Gasteiger partial charge is 0.0535 e. The van der Waals surface area contributed by atoms with Crippen LogP contribution in [-0.2, 0) is 11.3 Å². The van der Waals surface area contributed by atoms with Gasteiger partial charge in [0.1, 0.15) is 0 Å². The van der Waals surface area contributed by atoms with Crippen molar-refractivity contribution < 1.29 is 4.74 Å². The van der Waals surface area contributed by atoms with Crippen molar-refractivity contribution in [3.8, 4) is 0 Å². The summed E-state index contributed by atoms with van der Waals surface area (Å²) in [5, 5.41) is 10.4. The van der Waals surface area contributed by atoms with E-state index in [0.717, 1.165) is 37.9 Å². The molecule has 4 nitrogen and oxygen atoms in total. The summed E-state index contributed by atoms with van der Waals surface area (Å²) in [5.74, 6) is 0.767. The average Bonchev–Trinajstić information content (AvgIpc) is 2.85. The van der Waals surface area contributed by atoms with Crippen LogP contribution in [0.3, 0.4) is 0 Å². The Morgan fingerprint density at radius 3 is 3.27 bits per heavy atom. The minimum atomic E-state index is 0.767. The molecule has 84 valence electrons. The lowest BCUT2D eigenvalue weighted by Crippen LogP contribution is -2.18. The zero-order chi connectivity index (χ0) is 10.5. The number of nitrogens with one attached hydrogen (secondary N) is 2. The molecule has 0 spiro atoms. The van der Waals surface area contributed by atoms with Crippen LogP contribution in [0.4, 0.5) is 0 Å². The minimum Gasteiger partial charge on any atom is -0.381 e. The van der Waals surface area contributed by atoms with Crippen LogP contribution in [0.2, 0.25) is 0 Å². The maximum atomic E-state index is 5.34. The van der Waals surface area contributed by atoms with Gasteiger partial charge < -0.3 is 10.1 Å². The first-order chi connectivity index (χ1) is 7.36. The summed E-state index contributed by atoms with van der Waals surface area (Å²) in [5.41, 5.74) is 2.42. The zero-order valence-electron chi connectivity index (χ0n) is 9.25. The van der Waals surface area contributed by atoms with Gasteiger partial charge in [-0.2, -0.15) is 5.10 Å². The number of aromatic amines is 1. The summed E-state index contributed by atoms with van der Waals surface area (Å²) < 4.78 is 5.34. The van der Waals surface area contributed by atoms with Gasteiger partial charge in [-0.3, -0.25) is 5.10 Å². The van der Waals surface area contributed by atoms with E-state index in [0.29, 0.717) is 0 Å². The van der Waals surface area contributed by atoms with Crippen molar-refractivity contribution in [2.75, 3.05) is 19.8 Å². The highest BCUT2D eigenvalue weighted by molar-refractivity contribution is 5.13. The molecule has 2 heterocycles. The highest BCUT2D eigenvalue weighted by Crippen LogP contribution is 2.15. The number of aromatic nitrogens is 2. The third-order valence-electron chi connectivity index (χ3n) is 3.00. The maximum absolute atomic E-state index is 5.34. The van der Waals surface area contributed by atoms with Gasteiger partial charge in [-0.1, -0.05) is 0 Å². The van der Waals surface area contributed by atoms with E-state index in [1.54, 1.807) is 0 Å². The van der Waals surface area contributed by atoms with E-state index in [1.165, 1.54) is 18.4 Å². The summed E-state index contributed by atoms with van der Waals surface area (Å²) in [6.07, 6.45) is 4.34. The predicted octanol–water partition coefficient (Wildman–Crippen LogP) is 1.23. The molecule has 0 bridgehead atoms. The maximum Gasteiger partial charge on any atom is 0.0535 e. The fourth-order valence-corrected chi connectivity index (χ4v) is 1.89. The normalized spacial score (nSPS) is 21.0. The van der Waals surface area contributed by atoms with Crippen molar-refractivity contribution in [2.45, 2.75) is 26.3 Å². The van der Waals surface area contributed by atoms with Gasteiger partial charge in [0.15, 0.2) is 0 Å². The largest absolute Gasteiger partial charge is 0.381 e. The van der Waals surface area contributed by atoms with Crippen molar-refractivity contribution in [1.29, 1.82) is 0 Å². The van der Waals surface area contributed by atoms with Gasteiger partial charge in [-0.15, -0.1) is 0 Å². The number of rotatable bonds is 5. The van der Waals surface area contributed by atoms with E-state index in [2.05, 4.69) is 22.4 Å². The van der Waals surface area contributed by atoms with Gasteiger partial charge in [0.2, 0.25) is 0 Å². The monoisotopic (exact) mass is 209 g/mol. The Kier molecular flexibility index (Phi) is 3.75. The molecular formula is C11H19N3O. The lowest BCUT2D eigenvalue weighted by Gasteiger charge is -2.08. The van der Waals surface area contributed by atoms with Gasteiger partial charge in [-0.05, 0) is 32.2 Å². The van der Waals surface area contributed by atoms with E-state index in [1.807, 2.05) is 6.20 Å². The van der Waals surface area contributed by atoms with E-state index < -0.39 is 0 Å². The third-order valence-corrected chi connectivity index (χ3v) is 3.00. The third kappa shape index (κ3) is 3.04. The molecule has 1 saturated heterocycles. The SMILES string of the molecule is Cc1[nH]ncc1CNCCC1CCOC1. The van der Waals surface area contributed by atoms with Crippen LogP contribution in [-0.4, -0.2) is 30.0 Å². The standard InChI is InChI=1S/C11H19N3O/c1-9-11(7-13-14-9)6-12-4-2-10-3-5-15-8-10/h7,10,12H,2-6,8H2,1H3,(H,13,14). The highest BCUT2D eigenvalue weighted by atomic mass is 16.5. The molecular weight excluding hydrogens is 190 g/mol. The Bertz CT molecular complexity index is 292. The highest BCUT2D eigenvalue weighted by Gasteiger charge is 2.14. The van der Waals surface area contributed by atoms with Gasteiger partial charge in [0, 0.05) is 31.0 Å². The molecule has 2 N–H and O–H groups in total. The van der Waals surface area contributed by atoms with Crippen LogP contribution in [0, 0.1) is 12.8 Å². The number of ether oxygens (including phenoxy) is 1. The molecule has 0 aliphatic carbocycles. The summed E-state index contributed by atoms with van der Waals surface area (Å²) in [7, 11) is 0. The summed E-state index contributed by atoms with van der Waals surface area (Å²) in [6, 6.07) is 0. The fourth-order valence-electron chi connectivity index (χ4n) is 1.89. The molecule has 1 atom stereocenters. The molecule has 4 heteroatoms. The van der Waals surface area contributed by atoms with Crippen LogP contribution < -0.4 is 5.32 Å². The van der Waals surface area contributed by atoms with Crippen molar-refractivity contribution in [2.24, 2.45) is 5.92 Å². The Morgan fingerprint density at radius 1 is 1.67 bits per heavy atom. The quantitative estimate of drug-likeness (QED) is 0.717. The summed E-state index contributed by atoms with van der Waals surface area (Å²) in [6.45, 7) is 5.93. The fraction of sp³-hybridized carbons (Fsp3) is 0.727. The van der Waals surface area contributed by atoms with Crippen LogP contribution in [0.25, 0.3) is 0 Å². The number of aryl methyl sites for hydroxylation is 1. The molecule has 0 aromatic carbocycles. The molecule has 1 aliphatic rings. The Hall–Kier alpha value is -0.870. The molecule has 0 saturated carbocycles. The number of hydrogen-bond acceptors (Lipinski definition) is 3. The number of nitrogens with zero attached hydrogens (tertiary/aromatic N) is 1. The summed E-state index contributed by atoms with van der Waals surface area (Å²) >= 11 is 0. The molecule has 1 aliphatic heterocycles. The van der Waals surface area contributed by atoms with Crippen molar-refractivity contribution >= 4 is 0 Å². The molecule has 1 aromatic heterocycles. The molecule has 2 rings (SSSR count). The Balaban J connectivity index is 1.60. The Labute approximate surface area is 90.4 Å². The first kappa shape index (κ1) is 10.6. The molecule has 1 unspecified atom stereocenters.